The van der Waals surface area contributed by atoms with Crippen LogP contribution in [0.15, 0.2) is 24.4 Å². The second kappa shape index (κ2) is 6.04. The van der Waals surface area contributed by atoms with Gasteiger partial charge in [-0.05, 0) is 75.5 Å². The lowest BCUT2D eigenvalue weighted by molar-refractivity contribution is 0.277. The first-order chi connectivity index (χ1) is 9.35. The van der Waals surface area contributed by atoms with Crippen molar-refractivity contribution in [2.45, 2.75) is 51.0 Å². The standard InChI is InChI=1S/C17H26N2/c1-18-17(8-7-16-4-2-3-9-19-16)12-15-11-13-5-6-14(15)10-13/h2-4,9,13-15,17-18H,5-8,10-12H2,1H3. The van der Waals surface area contributed by atoms with E-state index in [1.807, 2.05) is 12.3 Å². The Morgan fingerprint density at radius 3 is 2.89 bits per heavy atom. The zero-order chi connectivity index (χ0) is 13.1. The van der Waals surface area contributed by atoms with E-state index in [-0.39, 0.29) is 0 Å². The van der Waals surface area contributed by atoms with Crippen molar-refractivity contribution in [1.82, 2.24) is 10.3 Å². The van der Waals surface area contributed by atoms with Gasteiger partial charge < -0.3 is 5.32 Å². The number of pyridine rings is 1. The molecule has 19 heavy (non-hydrogen) atoms. The van der Waals surface area contributed by atoms with E-state index in [1.165, 1.54) is 44.2 Å². The predicted molar refractivity (Wildman–Crippen MR) is 79.0 cm³/mol. The molecule has 2 nitrogen and oxygen atoms in total. The fraction of sp³-hybridized carbons (Fsp3) is 0.706. The molecule has 2 aliphatic carbocycles. The fourth-order valence-corrected chi connectivity index (χ4v) is 4.28. The highest BCUT2D eigenvalue weighted by molar-refractivity contribution is 5.04. The summed E-state index contributed by atoms with van der Waals surface area (Å²) in [4.78, 5) is 4.43. The number of hydrogen-bond donors (Lipinski definition) is 1. The minimum absolute atomic E-state index is 0.673. The molecule has 1 heterocycles. The number of hydrogen-bond acceptors (Lipinski definition) is 2. The molecule has 1 aromatic rings. The van der Waals surface area contributed by atoms with E-state index >= 15 is 0 Å². The van der Waals surface area contributed by atoms with Crippen molar-refractivity contribution in [1.29, 1.82) is 0 Å². The average molecular weight is 258 g/mol. The molecule has 2 aliphatic rings. The maximum absolute atomic E-state index is 4.43. The molecular weight excluding hydrogens is 232 g/mol. The molecule has 0 radical (unpaired) electrons. The van der Waals surface area contributed by atoms with Crippen LogP contribution >= 0.6 is 0 Å². The van der Waals surface area contributed by atoms with Crippen LogP contribution in [0, 0.1) is 17.8 Å². The largest absolute Gasteiger partial charge is 0.317 e. The molecule has 2 heteroatoms. The fourth-order valence-electron chi connectivity index (χ4n) is 4.28. The maximum Gasteiger partial charge on any atom is 0.0404 e. The summed E-state index contributed by atoms with van der Waals surface area (Å²) in [6.45, 7) is 0. The molecule has 0 aromatic carbocycles. The van der Waals surface area contributed by atoms with E-state index in [4.69, 9.17) is 0 Å². The summed E-state index contributed by atoms with van der Waals surface area (Å²) in [6, 6.07) is 6.90. The van der Waals surface area contributed by atoms with Gasteiger partial charge >= 0.3 is 0 Å². The third-order valence-corrected chi connectivity index (χ3v) is 5.36. The summed E-state index contributed by atoms with van der Waals surface area (Å²) in [6.07, 6.45) is 11.7. The van der Waals surface area contributed by atoms with E-state index in [1.54, 1.807) is 0 Å². The van der Waals surface area contributed by atoms with Gasteiger partial charge in [0.15, 0.2) is 0 Å². The molecule has 104 valence electrons. The average Bonchev–Trinajstić information content (AvgIpc) is 3.07. The van der Waals surface area contributed by atoms with Crippen molar-refractivity contribution < 1.29 is 0 Å². The summed E-state index contributed by atoms with van der Waals surface area (Å²) >= 11 is 0. The van der Waals surface area contributed by atoms with Gasteiger partial charge in [0.1, 0.15) is 0 Å². The van der Waals surface area contributed by atoms with E-state index in [9.17, 15) is 0 Å². The first-order valence-corrected chi connectivity index (χ1v) is 7.92. The van der Waals surface area contributed by atoms with Crippen molar-refractivity contribution in [2.75, 3.05) is 7.05 Å². The number of rotatable bonds is 6. The normalized spacial score (nSPS) is 30.7. The van der Waals surface area contributed by atoms with Gasteiger partial charge in [-0.2, -0.15) is 0 Å². The van der Waals surface area contributed by atoms with Gasteiger partial charge in [0.05, 0.1) is 0 Å². The first kappa shape index (κ1) is 13.1. The number of fused-ring (bicyclic) bond motifs is 2. The molecule has 3 rings (SSSR count). The SMILES string of the molecule is CNC(CCc1ccccn1)CC1CC2CCC1C2. The lowest BCUT2D eigenvalue weighted by Gasteiger charge is -2.26. The van der Waals surface area contributed by atoms with Gasteiger partial charge in [-0.25, -0.2) is 0 Å². The van der Waals surface area contributed by atoms with Crippen molar-refractivity contribution in [2.24, 2.45) is 17.8 Å². The Bertz CT molecular complexity index is 390. The van der Waals surface area contributed by atoms with Crippen LogP contribution in [0.3, 0.4) is 0 Å². The van der Waals surface area contributed by atoms with Crippen LogP contribution in [0.4, 0.5) is 0 Å². The molecule has 4 atom stereocenters. The first-order valence-electron chi connectivity index (χ1n) is 7.92. The van der Waals surface area contributed by atoms with E-state index in [0.29, 0.717) is 6.04 Å². The Kier molecular flexibility index (Phi) is 4.17. The van der Waals surface area contributed by atoms with Gasteiger partial charge in [0.2, 0.25) is 0 Å². The van der Waals surface area contributed by atoms with Crippen molar-refractivity contribution in [3.8, 4) is 0 Å². The van der Waals surface area contributed by atoms with Crippen LogP contribution in [-0.4, -0.2) is 18.1 Å². The Hall–Kier alpha value is -0.890. The van der Waals surface area contributed by atoms with Gasteiger partial charge in [0.25, 0.3) is 0 Å². The van der Waals surface area contributed by atoms with Crippen molar-refractivity contribution in [3.63, 3.8) is 0 Å². The molecule has 0 amide bonds. The highest BCUT2D eigenvalue weighted by Crippen LogP contribution is 2.49. The summed E-state index contributed by atoms with van der Waals surface area (Å²) < 4.78 is 0. The number of aryl methyl sites for hydroxylation is 1. The topological polar surface area (TPSA) is 24.9 Å². The summed E-state index contributed by atoms with van der Waals surface area (Å²) in [5, 5.41) is 3.53. The van der Waals surface area contributed by atoms with Gasteiger partial charge in [0, 0.05) is 17.9 Å². The molecule has 1 aromatic heterocycles. The van der Waals surface area contributed by atoms with Crippen LogP contribution in [-0.2, 0) is 6.42 Å². The van der Waals surface area contributed by atoms with Crippen molar-refractivity contribution >= 4 is 0 Å². The van der Waals surface area contributed by atoms with E-state index < -0.39 is 0 Å². The minimum Gasteiger partial charge on any atom is -0.317 e. The highest BCUT2D eigenvalue weighted by atomic mass is 14.9. The second-order valence-electron chi connectivity index (χ2n) is 6.52. The van der Waals surface area contributed by atoms with Gasteiger partial charge in [-0.15, -0.1) is 0 Å². The molecular formula is C17H26N2. The van der Waals surface area contributed by atoms with Crippen LogP contribution in [0.5, 0.6) is 0 Å². The molecule has 0 spiro atoms. The van der Waals surface area contributed by atoms with Crippen LogP contribution in [0.25, 0.3) is 0 Å². The molecule has 2 saturated carbocycles. The monoisotopic (exact) mass is 258 g/mol. The molecule has 2 bridgehead atoms. The molecule has 2 fully saturated rings. The minimum atomic E-state index is 0.673. The highest BCUT2D eigenvalue weighted by Gasteiger charge is 2.39. The summed E-state index contributed by atoms with van der Waals surface area (Å²) in [5.74, 6) is 3.12. The van der Waals surface area contributed by atoms with Crippen molar-refractivity contribution in [3.05, 3.63) is 30.1 Å². The van der Waals surface area contributed by atoms with E-state index in [2.05, 4.69) is 29.5 Å². The Balaban J connectivity index is 1.48. The molecule has 4 unspecified atom stereocenters. The third-order valence-electron chi connectivity index (χ3n) is 5.36. The molecule has 0 saturated heterocycles. The summed E-state index contributed by atoms with van der Waals surface area (Å²) in [7, 11) is 2.12. The number of aromatic nitrogens is 1. The van der Waals surface area contributed by atoms with Gasteiger partial charge in [-0.3, -0.25) is 4.98 Å². The molecule has 1 N–H and O–H groups in total. The Labute approximate surface area is 117 Å². The van der Waals surface area contributed by atoms with Crippen LogP contribution < -0.4 is 5.32 Å². The number of nitrogens with zero attached hydrogens (tertiary/aromatic N) is 1. The van der Waals surface area contributed by atoms with E-state index in [0.717, 1.165) is 24.2 Å². The van der Waals surface area contributed by atoms with Crippen LogP contribution in [0.1, 0.15) is 44.2 Å². The number of nitrogens with one attached hydrogen (secondary N) is 1. The predicted octanol–water partition coefficient (Wildman–Crippen LogP) is 3.43. The smallest absolute Gasteiger partial charge is 0.0404 e. The zero-order valence-corrected chi connectivity index (χ0v) is 12.0. The molecule has 0 aliphatic heterocycles. The quantitative estimate of drug-likeness (QED) is 0.845. The van der Waals surface area contributed by atoms with Crippen LogP contribution in [0.2, 0.25) is 0 Å². The van der Waals surface area contributed by atoms with Gasteiger partial charge in [-0.1, -0.05) is 12.5 Å². The Morgan fingerprint density at radius 2 is 2.26 bits per heavy atom. The third kappa shape index (κ3) is 3.17. The summed E-state index contributed by atoms with van der Waals surface area (Å²) in [5.41, 5.74) is 1.23. The Morgan fingerprint density at radius 1 is 1.32 bits per heavy atom. The maximum atomic E-state index is 4.43. The second-order valence-corrected chi connectivity index (χ2v) is 6.52. The lowest BCUT2D eigenvalue weighted by atomic mass is 9.83. The lowest BCUT2D eigenvalue weighted by Crippen LogP contribution is -2.30. The zero-order valence-electron chi connectivity index (χ0n) is 12.0.